The summed E-state index contributed by atoms with van der Waals surface area (Å²) in [6, 6.07) is 31.8. The molecule has 0 saturated heterocycles. The Balaban J connectivity index is 0.00000195. The molecule has 0 aliphatic heterocycles. The lowest BCUT2D eigenvalue weighted by atomic mass is 9.82. The summed E-state index contributed by atoms with van der Waals surface area (Å²) in [5.41, 5.74) is 7.76. The van der Waals surface area contributed by atoms with E-state index in [1.807, 2.05) is 13.8 Å². The minimum Gasteiger partial charge on any atom is -0.385 e. The van der Waals surface area contributed by atoms with Gasteiger partial charge in [-0.15, -0.1) is 0 Å². The number of nitrogens with one attached hydrogen (secondary N) is 1. The molecule has 3 nitrogen and oxygen atoms in total. The Morgan fingerprint density at radius 2 is 1.00 bits per heavy atom. The lowest BCUT2D eigenvalue weighted by Gasteiger charge is -2.26. The summed E-state index contributed by atoms with van der Waals surface area (Å²) < 4.78 is 0. The van der Waals surface area contributed by atoms with E-state index < -0.39 is 0 Å². The Kier molecular flexibility index (Phi) is 11.1. The molecule has 0 radical (unpaired) electrons. The first-order valence-corrected chi connectivity index (χ1v) is 14.6. The maximum absolute atomic E-state index is 3.55. The number of benzene rings is 4. The summed E-state index contributed by atoms with van der Waals surface area (Å²) in [4.78, 5) is 4.80. The Morgan fingerprint density at radius 1 is 0.553 bits per heavy atom. The van der Waals surface area contributed by atoms with E-state index in [1.54, 1.807) is 0 Å². The van der Waals surface area contributed by atoms with E-state index in [9.17, 15) is 0 Å². The molecule has 1 N–H and O–H groups in total. The van der Waals surface area contributed by atoms with Crippen LogP contribution >= 0.6 is 0 Å². The topological polar surface area (TPSA) is 18.5 Å². The van der Waals surface area contributed by atoms with Crippen molar-refractivity contribution >= 4 is 27.8 Å². The van der Waals surface area contributed by atoms with E-state index in [0.29, 0.717) is 0 Å². The van der Waals surface area contributed by atoms with Gasteiger partial charge in [0, 0.05) is 61.1 Å². The first kappa shape index (κ1) is 29.1. The van der Waals surface area contributed by atoms with Gasteiger partial charge in [-0.05, 0) is 87.0 Å². The van der Waals surface area contributed by atoms with Crippen LogP contribution < -0.4 is 15.1 Å². The van der Waals surface area contributed by atoms with Crippen LogP contribution in [0.25, 0.3) is 10.8 Å². The second-order valence-corrected chi connectivity index (χ2v) is 9.24. The normalized spacial score (nSPS) is 10.7. The van der Waals surface area contributed by atoms with E-state index in [-0.39, 0.29) is 5.92 Å². The van der Waals surface area contributed by atoms with E-state index in [0.717, 1.165) is 32.7 Å². The van der Waals surface area contributed by atoms with Gasteiger partial charge in [0.05, 0.1) is 0 Å². The molecule has 0 spiro atoms. The Labute approximate surface area is 231 Å². The first-order valence-electron chi connectivity index (χ1n) is 14.6. The Bertz CT molecular complexity index is 1180. The van der Waals surface area contributed by atoms with Gasteiger partial charge < -0.3 is 15.1 Å². The fourth-order valence-corrected chi connectivity index (χ4v) is 5.40. The largest absolute Gasteiger partial charge is 0.385 e. The van der Waals surface area contributed by atoms with Crippen LogP contribution in [0.1, 0.15) is 71.1 Å². The molecular formula is C35H47N3. The van der Waals surface area contributed by atoms with Crippen molar-refractivity contribution in [2.75, 3.05) is 47.8 Å². The van der Waals surface area contributed by atoms with Crippen molar-refractivity contribution in [3.8, 4) is 0 Å². The molecule has 4 aromatic carbocycles. The molecule has 3 heteroatoms. The molecule has 0 saturated carbocycles. The molecule has 0 aliphatic rings. The summed E-state index contributed by atoms with van der Waals surface area (Å²) in [7, 11) is 0. The van der Waals surface area contributed by atoms with E-state index in [1.165, 1.54) is 44.5 Å². The second-order valence-electron chi connectivity index (χ2n) is 9.24. The molecule has 0 aliphatic carbocycles. The zero-order valence-electron chi connectivity index (χ0n) is 24.6. The number of fused-ring (bicyclic) bond motifs is 1. The molecule has 0 fully saturated rings. The van der Waals surface area contributed by atoms with Gasteiger partial charge in [0.2, 0.25) is 0 Å². The summed E-state index contributed by atoms with van der Waals surface area (Å²) >= 11 is 0. The molecule has 0 aromatic heterocycles. The van der Waals surface area contributed by atoms with Crippen molar-refractivity contribution < 1.29 is 0 Å². The first-order chi connectivity index (χ1) is 18.6. The highest BCUT2D eigenvalue weighted by Crippen LogP contribution is 2.39. The molecule has 4 rings (SSSR count). The number of anilines is 3. The van der Waals surface area contributed by atoms with Crippen LogP contribution in [0.15, 0.2) is 84.9 Å². The molecule has 0 unspecified atom stereocenters. The van der Waals surface area contributed by atoms with Gasteiger partial charge in [-0.25, -0.2) is 0 Å². The van der Waals surface area contributed by atoms with Gasteiger partial charge in [-0.1, -0.05) is 68.4 Å². The highest BCUT2D eigenvalue weighted by molar-refractivity contribution is 5.97. The monoisotopic (exact) mass is 509 g/mol. The molecule has 38 heavy (non-hydrogen) atoms. The Morgan fingerprint density at radius 3 is 1.42 bits per heavy atom. The zero-order chi connectivity index (χ0) is 27.5. The number of hydrogen-bond donors (Lipinski definition) is 1. The minimum absolute atomic E-state index is 0.155. The molecule has 0 amide bonds. The van der Waals surface area contributed by atoms with E-state index >= 15 is 0 Å². The zero-order valence-corrected chi connectivity index (χ0v) is 24.6. The molecule has 0 atom stereocenters. The van der Waals surface area contributed by atoms with Gasteiger partial charge in [0.15, 0.2) is 0 Å². The maximum atomic E-state index is 3.55. The molecule has 202 valence electrons. The molecule has 0 heterocycles. The third-order valence-electron chi connectivity index (χ3n) is 7.35. The smallest absolute Gasteiger partial charge is 0.0419 e. The molecule has 4 aromatic rings. The van der Waals surface area contributed by atoms with E-state index in [2.05, 4.69) is 135 Å². The lowest BCUT2D eigenvalue weighted by molar-refractivity contribution is 0.863. The van der Waals surface area contributed by atoms with Crippen molar-refractivity contribution in [2.24, 2.45) is 0 Å². The highest BCUT2D eigenvalue weighted by Gasteiger charge is 2.21. The highest BCUT2D eigenvalue weighted by atomic mass is 15.1. The average molecular weight is 510 g/mol. The predicted molar refractivity (Wildman–Crippen MR) is 170 cm³/mol. The average Bonchev–Trinajstić information content (AvgIpc) is 2.98. The third-order valence-corrected chi connectivity index (χ3v) is 7.35. The summed E-state index contributed by atoms with van der Waals surface area (Å²) in [6.45, 7) is 20.0. The van der Waals surface area contributed by atoms with Crippen molar-refractivity contribution in [1.29, 1.82) is 0 Å². The van der Waals surface area contributed by atoms with Gasteiger partial charge in [-0.2, -0.15) is 0 Å². The van der Waals surface area contributed by atoms with Crippen LogP contribution in [0.2, 0.25) is 0 Å². The van der Waals surface area contributed by atoms with Gasteiger partial charge >= 0.3 is 0 Å². The van der Waals surface area contributed by atoms with Gasteiger partial charge in [-0.3, -0.25) is 0 Å². The van der Waals surface area contributed by atoms with Crippen LogP contribution in [0.4, 0.5) is 17.1 Å². The SMILES string of the molecule is CC.CCNc1ccc(C(c2ccc(N(CC)CC)cc2)c2ccc(N(CC)CC)cc2)c2ccccc12. The second kappa shape index (κ2) is 14.5. The minimum atomic E-state index is 0.155. The predicted octanol–water partition coefficient (Wildman–Crippen LogP) is 9.17. The number of hydrogen-bond acceptors (Lipinski definition) is 3. The van der Waals surface area contributed by atoms with Crippen LogP contribution in [-0.2, 0) is 0 Å². The Hall–Kier alpha value is -3.46. The van der Waals surface area contributed by atoms with E-state index in [4.69, 9.17) is 0 Å². The maximum Gasteiger partial charge on any atom is 0.0419 e. The summed E-state index contributed by atoms with van der Waals surface area (Å²) in [6.07, 6.45) is 0. The fourth-order valence-electron chi connectivity index (χ4n) is 5.40. The fraction of sp³-hybridized carbons (Fsp3) is 0.371. The summed E-state index contributed by atoms with van der Waals surface area (Å²) in [5.74, 6) is 0.155. The van der Waals surface area contributed by atoms with Gasteiger partial charge in [0.25, 0.3) is 0 Å². The number of nitrogens with zero attached hydrogens (tertiary/aromatic N) is 2. The van der Waals surface area contributed by atoms with Crippen LogP contribution in [0.5, 0.6) is 0 Å². The number of rotatable bonds is 11. The third kappa shape index (κ3) is 6.32. The van der Waals surface area contributed by atoms with Crippen LogP contribution in [0.3, 0.4) is 0 Å². The summed E-state index contributed by atoms with van der Waals surface area (Å²) in [5, 5.41) is 6.14. The lowest BCUT2D eigenvalue weighted by Crippen LogP contribution is -2.22. The van der Waals surface area contributed by atoms with Crippen molar-refractivity contribution in [1.82, 2.24) is 0 Å². The van der Waals surface area contributed by atoms with Crippen LogP contribution in [-0.4, -0.2) is 32.7 Å². The van der Waals surface area contributed by atoms with Gasteiger partial charge in [0.1, 0.15) is 0 Å². The molecule has 0 bridgehead atoms. The van der Waals surface area contributed by atoms with Crippen molar-refractivity contribution in [3.05, 3.63) is 102 Å². The van der Waals surface area contributed by atoms with Crippen molar-refractivity contribution in [2.45, 2.75) is 54.4 Å². The van der Waals surface area contributed by atoms with Crippen LogP contribution in [0, 0.1) is 0 Å². The molecular weight excluding hydrogens is 462 g/mol. The standard InChI is InChI=1S/C33H41N3.C2H6/c1-6-34-32-24-23-31(29-13-11-12-14-30(29)32)33(25-15-19-27(20-16-25)35(7-2)8-3)26-17-21-28(22-18-26)36(9-4)10-5;1-2/h11-24,33-34H,6-10H2,1-5H3;1-2H3. The quantitative estimate of drug-likeness (QED) is 0.203. The van der Waals surface area contributed by atoms with Crippen molar-refractivity contribution in [3.63, 3.8) is 0 Å².